The van der Waals surface area contributed by atoms with Crippen molar-refractivity contribution in [3.05, 3.63) is 30.9 Å². The minimum atomic E-state index is -1.25. The van der Waals surface area contributed by atoms with Crippen LogP contribution >= 0.6 is 0 Å². The van der Waals surface area contributed by atoms with Gasteiger partial charge in [-0.1, -0.05) is 0 Å². The van der Waals surface area contributed by atoms with E-state index in [2.05, 4.69) is 25.3 Å². The summed E-state index contributed by atoms with van der Waals surface area (Å²) < 4.78 is 6.98. The van der Waals surface area contributed by atoms with Crippen molar-refractivity contribution in [3.63, 3.8) is 0 Å². The van der Waals surface area contributed by atoms with Gasteiger partial charge in [-0.2, -0.15) is 9.97 Å². The first-order valence-corrected chi connectivity index (χ1v) is 7.88. The molecule has 4 heterocycles. The van der Waals surface area contributed by atoms with E-state index < -0.39 is 31.1 Å². The molecule has 0 saturated carbocycles. The van der Waals surface area contributed by atoms with Crippen molar-refractivity contribution in [1.82, 2.24) is 24.5 Å². The molecule has 0 aromatic carbocycles. The zero-order valence-electron chi connectivity index (χ0n) is 13.5. The van der Waals surface area contributed by atoms with E-state index in [1.165, 1.54) is 10.9 Å². The maximum Gasteiger partial charge on any atom is 0.231 e. The molecule has 0 spiro atoms. The van der Waals surface area contributed by atoms with Crippen LogP contribution in [0.25, 0.3) is 11.2 Å². The fourth-order valence-electron chi connectivity index (χ4n) is 2.85. The van der Waals surface area contributed by atoms with Crippen LogP contribution in [0.4, 0.5) is 17.5 Å². The average Bonchev–Trinajstić information content (AvgIpc) is 3.18. The van der Waals surface area contributed by atoms with Gasteiger partial charge >= 0.3 is 0 Å². The van der Waals surface area contributed by atoms with Crippen LogP contribution in [0.2, 0.25) is 0 Å². The van der Waals surface area contributed by atoms with Crippen molar-refractivity contribution < 1.29 is 20.1 Å². The van der Waals surface area contributed by atoms with Crippen LogP contribution in [-0.2, 0) is 4.74 Å². The summed E-state index contributed by atoms with van der Waals surface area (Å²) in [7, 11) is 0. The van der Waals surface area contributed by atoms with E-state index in [4.69, 9.17) is 10.5 Å². The normalized spacial score (nSPS) is 25.7. The molecule has 136 valence electrons. The number of nitrogen functional groups attached to an aromatic ring is 1. The zero-order valence-corrected chi connectivity index (χ0v) is 13.5. The summed E-state index contributed by atoms with van der Waals surface area (Å²) in [6.07, 6.45) is 0.290. The summed E-state index contributed by atoms with van der Waals surface area (Å²) >= 11 is 0. The number of hydrogen-bond acceptors (Lipinski definition) is 10. The van der Waals surface area contributed by atoms with Crippen LogP contribution in [0.15, 0.2) is 30.9 Å². The van der Waals surface area contributed by atoms with Crippen LogP contribution < -0.4 is 11.1 Å². The van der Waals surface area contributed by atoms with Gasteiger partial charge in [-0.25, -0.2) is 4.98 Å². The number of ether oxygens (including phenoxy) is 1. The Morgan fingerprint density at radius 3 is 2.65 bits per heavy atom. The molecule has 1 fully saturated rings. The lowest BCUT2D eigenvalue weighted by molar-refractivity contribution is -0.0511. The standard InChI is InChI=1S/C15H17N7O4/c16-12-9-13(21-15(20-12)19-7-1-3-17-4-2-7)22(6-18-9)14-11(25)10(24)8(5-23)26-14/h1-4,6,8,10-11,14,23-25H,5H2,(H3,16,17,19,20,21)/t8-,10-,11-,14-/m1/s1. The SMILES string of the molecule is Nc1nc(Nc2ccncc2)nc2c1ncn2[C@@H]1O[C@H](CO)[C@@H](O)[C@H]1O. The molecule has 6 N–H and O–H groups in total. The van der Waals surface area contributed by atoms with E-state index in [9.17, 15) is 15.3 Å². The predicted octanol–water partition coefficient (Wildman–Crippen LogP) is -0.841. The summed E-state index contributed by atoms with van der Waals surface area (Å²) in [5, 5.41) is 32.5. The molecule has 0 bridgehead atoms. The molecular weight excluding hydrogens is 342 g/mol. The van der Waals surface area contributed by atoms with Crippen LogP contribution in [-0.4, -0.2) is 64.7 Å². The molecule has 1 aliphatic rings. The lowest BCUT2D eigenvalue weighted by Gasteiger charge is -2.16. The van der Waals surface area contributed by atoms with E-state index in [1.54, 1.807) is 24.5 Å². The Morgan fingerprint density at radius 1 is 1.19 bits per heavy atom. The summed E-state index contributed by atoms with van der Waals surface area (Å²) in [5.74, 6) is 0.381. The number of nitrogens with zero attached hydrogens (tertiary/aromatic N) is 5. The molecule has 4 rings (SSSR count). The second-order valence-corrected chi connectivity index (χ2v) is 5.85. The van der Waals surface area contributed by atoms with Gasteiger partial charge in [-0.15, -0.1) is 0 Å². The maximum atomic E-state index is 10.2. The fourth-order valence-corrected chi connectivity index (χ4v) is 2.85. The molecule has 11 nitrogen and oxygen atoms in total. The van der Waals surface area contributed by atoms with Gasteiger partial charge < -0.3 is 31.1 Å². The van der Waals surface area contributed by atoms with Crippen molar-refractivity contribution in [2.45, 2.75) is 24.5 Å². The lowest BCUT2D eigenvalue weighted by atomic mass is 10.1. The van der Waals surface area contributed by atoms with Gasteiger partial charge in [0.1, 0.15) is 23.8 Å². The summed E-state index contributed by atoms with van der Waals surface area (Å²) in [6, 6.07) is 3.49. The molecule has 3 aromatic rings. The minimum Gasteiger partial charge on any atom is -0.394 e. The Hall–Kier alpha value is -2.86. The zero-order chi connectivity index (χ0) is 18.3. The maximum absolute atomic E-state index is 10.2. The van der Waals surface area contributed by atoms with E-state index >= 15 is 0 Å². The summed E-state index contributed by atoms with van der Waals surface area (Å²) in [4.78, 5) is 16.7. The number of pyridine rings is 1. The van der Waals surface area contributed by atoms with E-state index in [0.29, 0.717) is 11.2 Å². The van der Waals surface area contributed by atoms with Gasteiger partial charge in [0.2, 0.25) is 5.95 Å². The van der Waals surface area contributed by atoms with Gasteiger partial charge in [0, 0.05) is 18.1 Å². The molecule has 0 radical (unpaired) electrons. The Balaban J connectivity index is 1.73. The van der Waals surface area contributed by atoms with Crippen LogP contribution in [0.1, 0.15) is 6.23 Å². The second kappa shape index (κ2) is 6.46. The third-order valence-corrected chi connectivity index (χ3v) is 4.18. The third-order valence-electron chi connectivity index (χ3n) is 4.18. The number of anilines is 3. The monoisotopic (exact) mass is 359 g/mol. The average molecular weight is 359 g/mol. The third kappa shape index (κ3) is 2.72. The first kappa shape index (κ1) is 16.6. The number of nitrogens with two attached hydrogens (primary N) is 1. The number of hydrogen-bond donors (Lipinski definition) is 5. The van der Waals surface area contributed by atoms with Crippen LogP contribution in [0.3, 0.4) is 0 Å². The van der Waals surface area contributed by atoms with Gasteiger partial charge in [0.25, 0.3) is 0 Å². The Kier molecular flexibility index (Phi) is 4.12. The summed E-state index contributed by atoms with van der Waals surface area (Å²) in [5.41, 5.74) is 7.35. The largest absolute Gasteiger partial charge is 0.394 e. The van der Waals surface area contributed by atoms with Crippen molar-refractivity contribution >= 4 is 28.6 Å². The number of aliphatic hydroxyl groups excluding tert-OH is 3. The second-order valence-electron chi connectivity index (χ2n) is 5.85. The van der Waals surface area contributed by atoms with Crippen LogP contribution in [0.5, 0.6) is 0 Å². The number of nitrogens with one attached hydrogen (secondary N) is 1. The number of aliphatic hydroxyl groups is 3. The Bertz CT molecular complexity index is 919. The highest BCUT2D eigenvalue weighted by Crippen LogP contribution is 2.32. The summed E-state index contributed by atoms with van der Waals surface area (Å²) in [6.45, 7) is -0.423. The molecule has 26 heavy (non-hydrogen) atoms. The highest BCUT2D eigenvalue weighted by Gasteiger charge is 2.44. The van der Waals surface area contributed by atoms with Gasteiger partial charge in [-0.05, 0) is 12.1 Å². The molecule has 3 aromatic heterocycles. The Labute approximate surface area is 147 Å². The van der Waals surface area contributed by atoms with Crippen molar-refractivity contribution in [1.29, 1.82) is 0 Å². The predicted molar refractivity (Wildman–Crippen MR) is 90.3 cm³/mol. The first-order valence-electron chi connectivity index (χ1n) is 7.88. The van der Waals surface area contributed by atoms with Crippen molar-refractivity contribution in [2.75, 3.05) is 17.7 Å². The molecule has 11 heteroatoms. The highest BCUT2D eigenvalue weighted by molar-refractivity contribution is 5.83. The number of fused-ring (bicyclic) bond motifs is 1. The van der Waals surface area contributed by atoms with E-state index in [0.717, 1.165) is 5.69 Å². The molecule has 4 atom stereocenters. The molecule has 1 saturated heterocycles. The fraction of sp³-hybridized carbons (Fsp3) is 0.333. The number of rotatable bonds is 4. The molecule has 0 amide bonds. The first-order chi connectivity index (χ1) is 12.6. The Morgan fingerprint density at radius 2 is 1.96 bits per heavy atom. The van der Waals surface area contributed by atoms with Crippen LogP contribution in [0, 0.1) is 0 Å². The van der Waals surface area contributed by atoms with Gasteiger partial charge in [-0.3, -0.25) is 9.55 Å². The number of imidazole rings is 1. The quantitative estimate of drug-likeness (QED) is 0.396. The topological polar surface area (TPSA) is 164 Å². The van der Waals surface area contributed by atoms with Gasteiger partial charge in [0.05, 0.1) is 12.9 Å². The van der Waals surface area contributed by atoms with E-state index in [1.807, 2.05) is 0 Å². The van der Waals surface area contributed by atoms with E-state index in [-0.39, 0.29) is 11.8 Å². The highest BCUT2D eigenvalue weighted by atomic mass is 16.6. The smallest absolute Gasteiger partial charge is 0.231 e. The number of aromatic nitrogens is 5. The van der Waals surface area contributed by atoms with Crippen molar-refractivity contribution in [2.24, 2.45) is 0 Å². The van der Waals surface area contributed by atoms with Crippen molar-refractivity contribution in [3.8, 4) is 0 Å². The molecule has 0 aliphatic carbocycles. The van der Waals surface area contributed by atoms with Gasteiger partial charge in [0.15, 0.2) is 17.7 Å². The molecule has 1 aliphatic heterocycles. The molecule has 0 unspecified atom stereocenters. The lowest BCUT2D eigenvalue weighted by Crippen LogP contribution is -2.33. The molecular formula is C15H17N7O4. The minimum absolute atomic E-state index is 0.150.